The van der Waals surface area contributed by atoms with Crippen LogP contribution in [-0.2, 0) is 33.6 Å². The molecule has 10 N–H and O–H groups in total. The van der Waals surface area contributed by atoms with Gasteiger partial charge in [-0.05, 0) is 115 Å². The second-order valence-electron chi connectivity index (χ2n) is 19.5. The Morgan fingerprint density at radius 2 is 0.852 bits per heavy atom. The van der Waals surface area contributed by atoms with E-state index in [4.69, 9.17) is 17.2 Å². The van der Waals surface area contributed by atoms with Gasteiger partial charge in [-0.1, -0.05) is 52.2 Å². The predicted molar refractivity (Wildman–Crippen MR) is 328 cm³/mol. The average Bonchev–Trinajstić information content (AvgIpc) is 4.18. The minimum absolute atomic E-state index is 0.140. The summed E-state index contributed by atoms with van der Waals surface area (Å²) in [4.78, 5) is 85.3. The topological polar surface area (TPSA) is 428 Å². The number of nitrogens with one attached hydrogen (secondary N) is 4. The molecule has 9 aromatic rings. The van der Waals surface area contributed by atoms with Crippen LogP contribution in [0.4, 0.5) is 27.7 Å². The molecule has 3 aliphatic heterocycles. The molecule has 3 aliphatic rings. The number of hydrogen-bond donors (Lipinski definition) is 7. The van der Waals surface area contributed by atoms with Crippen molar-refractivity contribution in [2.45, 2.75) is 56.3 Å². The molecule has 9 aromatic heterocycles. The monoisotopic (exact) mass is 1310 g/mol. The van der Waals surface area contributed by atoms with Gasteiger partial charge in [0.2, 0.25) is 43.0 Å². The van der Waals surface area contributed by atoms with Crippen LogP contribution >= 0.6 is 49.9 Å². The number of anilines is 5. The maximum atomic E-state index is 12.1. The van der Waals surface area contributed by atoms with Crippen molar-refractivity contribution in [3.63, 3.8) is 0 Å². The molecule has 34 heteroatoms. The molecule has 0 aromatic carbocycles. The molecule has 3 atom stereocenters. The molecule has 0 radical (unpaired) electrons. The van der Waals surface area contributed by atoms with Gasteiger partial charge in [0.05, 0.1) is 36.3 Å². The van der Waals surface area contributed by atoms with E-state index in [9.17, 15) is 28.8 Å². The van der Waals surface area contributed by atoms with E-state index in [-0.39, 0.29) is 63.8 Å². The van der Waals surface area contributed by atoms with Gasteiger partial charge in [-0.25, -0.2) is 0 Å². The molecule has 88 heavy (non-hydrogen) atoms. The van der Waals surface area contributed by atoms with Crippen molar-refractivity contribution < 1.29 is 28.8 Å². The number of primary amides is 3. The summed E-state index contributed by atoms with van der Waals surface area (Å²) in [5.41, 5.74) is 20.1. The highest BCUT2D eigenvalue weighted by Crippen LogP contribution is 2.33. The summed E-state index contributed by atoms with van der Waals surface area (Å²) >= 11 is 6.53. The van der Waals surface area contributed by atoms with Crippen LogP contribution in [0.25, 0.3) is 0 Å². The van der Waals surface area contributed by atoms with Crippen LogP contribution in [0.3, 0.4) is 0 Å². The van der Waals surface area contributed by atoms with E-state index in [1.807, 2.05) is 48.5 Å². The van der Waals surface area contributed by atoms with Crippen LogP contribution in [0.2, 0.25) is 0 Å². The molecule has 12 heterocycles. The van der Waals surface area contributed by atoms with Crippen molar-refractivity contribution in [1.29, 1.82) is 0 Å². The van der Waals surface area contributed by atoms with Gasteiger partial charge in [-0.15, -0.1) is 45.9 Å². The van der Waals surface area contributed by atoms with Crippen LogP contribution in [-0.4, -0.2) is 151 Å². The summed E-state index contributed by atoms with van der Waals surface area (Å²) in [6.07, 6.45) is 8.41. The van der Waals surface area contributed by atoms with Gasteiger partial charge in [0.1, 0.15) is 0 Å². The van der Waals surface area contributed by atoms with E-state index in [0.717, 1.165) is 79.6 Å². The van der Waals surface area contributed by atoms with E-state index < -0.39 is 17.7 Å². The maximum Gasteiger partial charge on any atom is 0.279 e. The van der Waals surface area contributed by atoms with E-state index in [2.05, 4.69) is 123 Å². The predicted octanol–water partition coefficient (Wildman–Crippen LogP) is 3.52. The first-order valence-electron chi connectivity index (χ1n) is 27.0. The molecular weight excluding hydrogens is 1260 g/mol. The third-order valence-corrected chi connectivity index (χ3v) is 16.5. The van der Waals surface area contributed by atoms with E-state index in [0.29, 0.717) is 62.0 Å². The summed E-state index contributed by atoms with van der Waals surface area (Å²) in [6, 6.07) is 27.3. The highest BCUT2D eigenvalue weighted by molar-refractivity contribution is 9.11. The highest BCUT2D eigenvalue weighted by Gasteiger charge is 2.30. The molecule has 452 valence electrons. The quantitative estimate of drug-likeness (QED) is 0.0685. The summed E-state index contributed by atoms with van der Waals surface area (Å²) in [5, 5.41) is 61.2. The number of halogens is 1. The third kappa shape index (κ3) is 18.6. The van der Waals surface area contributed by atoms with Crippen LogP contribution in [0, 0.1) is 0 Å². The number of hydrogen-bond acceptors (Lipinski definition) is 27. The molecule has 12 rings (SSSR count). The molecule has 3 saturated heterocycles. The van der Waals surface area contributed by atoms with Gasteiger partial charge in [-0.2, -0.15) is 15.3 Å². The maximum absolute atomic E-state index is 12.1. The lowest BCUT2D eigenvalue weighted by Gasteiger charge is -2.13. The number of pyridine rings is 3. The number of nitrogens with two attached hydrogens (primary N) is 3. The first-order valence-corrected chi connectivity index (χ1v) is 30.3. The second kappa shape index (κ2) is 31.0. The molecule has 3 unspecified atom stereocenters. The Hall–Kier alpha value is -9.77. The van der Waals surface area contributed by atoms with Crippen molar-refractivity contribution in [3.05, 3.63) is 163 Å². The lowest BCUT2D eigenvalue weighted by atomic mass is 10.1. The van der Waals surface area contributed by atoms with Crippen LogP contribution < -0.4 is 48.3 Å². The zero-order valence-electron chi connectivity index (χ0n) is 46.5. The number of carbonyl (C=O) groups is 6. The minimum Gasteiger partial charge on any atom is -0.363 e. The van der Waals surface area contributed by atoms with Crippen molar-refractivity contribution in [2.24, 2.45) is 17.2 Å². The number of aromatic nitrogens is 15. The standard InChI is InChI=1S/2C18H18N8O2S.C15H17N5O.C3H2BrN3OS/c2*19-16(28)17-24-25-18(29-17)26-8-6-11(10-26)13-4-5-14(23-22-13)21-15(27)9-12-3-1-2-7-20-12;21-15(9-12-3-1-2-7-17-12)18-14-5-4-13(19-20-14)11-6-8-16-10-11;4-3-7-6-2(9-3)1(5)8/h2*1-5,7,11H,6,8-10H2,(H2,19,28)(H,21,23,27);1-5,7,11,16H,6,8-10H2,(H,18,20,21);(H2,5,8). The van der Waals surface area contributed by atoms with Gasteiger partial charge < -0.3 is 48.3 Å². The number of carbonyl (C=O) groups excluding carboxylic acids is 6. The zero-order valence-corrected chi connectivity index (χ0v) is 50.5. The van der Waals surface area contributed by atoms with Crippen molar-refractivity contribution in [1.82, 2.24) is 81.5 Å². The van der Waals surface area contributed by atoms with Crippen molar-refractivity contribution in [2.75, 3.05) is 65.0 Å². The Balaban J connectivity index is 0.000000148. The smallest absolute Gasteiger partial charge is 0.279 e. The lowest BCUT2D eigenvalue weighted by molar-refractivity contribution is -0.116. The van der Waals surface area contributed by atoms with Gasteiger partial charge >= 0.3 is 0 Å². The Labute approximate surface area is 521 Å². The highest BCUT2D eigenvalue weighted by atomic mass is 79.9. The molecule has 3 fully saturated rings. The first kappa shape index (κ1) is 62.8. The fourth-order valence-electron chi connectivity index (χ4n) is 8.89. The number of rotatable bonds is 17. The average molecular weight is 1310 g/mol. The van der Waals surface area contributed by atoms with Gasteiger partial charge in [-0.3, -0.25) is 43.7 Å². The van der Waals surface area contributed by atoms with Crippen molar-refractivity contribution >= 4 is 113 Å². The van der Waals surface area contributed by atoms with Gasteiger partial charge in [0.25, 0.3) is 17.7 Å². The van der Waals surface area contributed by atoms with Crippen LogP contribution in [0.5, 0.6) is 0 Å². The lowest BCUT2D eigenvalue weighted by Crippen LogP contribution is -2.19. The Kier molecular flexibility index (Phi) is 22.1. The van der Waals surface area contributed by atoms with Crippen LogP contribution in [0.15, 0.2) is 114 Å². The molecule has 0 aliphatic carbocycles. The van der Waals surface area contributed by atoms with E-state index >= 15 is 0 Å². The van der Waals surface area contributed by atoms with E-state index in [1.54, 1.807) is 61.1 Å². The Bertz CT molecular complexity index is 3610. The summed E-state index contributed by atoms with van der Waals surface area (Å²) < 4.78 is 0.566. The Morgan fingerprint density at radius 1 is 0.466 bits per heavy atom. The number of nitrogens with zero attached hydrogens (tertiary/aromatic N) is 17. The van der Waals surface area contributed by atoms with Crippen molar-refractivity contribution in [3.8, 4) is 0 Å². The fourth-order valence-corrected chi connectivity index (χ4v) is 11.3. The fraction of sp³-hybridized carbons (Fsp3) is 0.278. The molecule has 0 saturated carbocycles. The molecule has 0 spiro atoms. The number of amides is 6. The summed E-state index contributed by atoms with van der Waals surface area (Å²) in [6.45, 7) is 4.93. The molecule has 6 amide bonds. The van der Waals surface area contributed by atoms with Crippen LogP contribution in [0.1, 0.15) is 101 Å². The Morgan fingerprint density at radius 3 is 1.15 bits per heavy atom. The second-order valence-corrected chi connectivity index (χ2v) is 23.6. The minimum atomic E-state index is -0.573. The van der Waals surface area contributed by atoms with Gasteiger partial charge in [0, 0.05) is 86.1 Å². The largest absolute Gasteiger partial charge is 0.363 e. The molecule has 30 nitrogen and oxygen atoms in total. The SMILES string of the molecule is NC(=O)c1nnc(Br)s1.NC(=O)c1nnc(N2CCC(c3ccc(NC(=O)Cc4ccccn4)nn3)C2)s1.NC(=O)c1nnc(N2CCC(c3ccc(NC(=O)Cc4ccccn4)nn3)C2)s1.O=C(Cc1ccccn1)Nc1ccc(C2CCNC2)nn1. The first-order chi connectivity index (χ1) is 42.7. The molecular formula is C54H55BrN24O6S3. The summed E-state index contributed by atoms with van der Waals surface area (Å²) in [7, 11) is 0. The normalized spacial score (nSPS) is 15.7. The molecule has 0 bridgehead atoms. The summed E-state index contributed by atoms with van der Waals surface area (Å²) in [5.74, 6) is -0.147. The van der Waals surface area contributed by atoms with E-state index in [1.165, 1.54) is 22.7 Å². The van der Waals surface area contributed by atoms with Gasteiger partial charge in [0.15, 0.2) is 21.4 Å². The zero-order chi connectivity index (χ0) is 61.8. The third-order valence-electron chi connectivity index (χ3n) is 13.2.